The third-order valence-corrected chi connectivity index (χ3v) is 5.15. The third-order valence-electron chi connectivity index (χ3n) is 4.12. The summed E-state index contributed by atoms with van der Waals surface area (Å²) in [4.78, 5) is 16.2. The number of amides is 1. The quantitative estimate of drug-likeness (QED) is 0.868. The zero-order valence-corrected chi connectivity index (χ0v) is 14.9. The average molecular weight is 331 g/mol. The molecule has 0 aromatic carbocycles. The van der Waals surface area contributed by atoms with Crippen molar-refractivity contribution in [1.82, 2.24) is 4.90 Å². The second kappa shape index (κ2) is 8.76. The summed E-state index contributed by atoms with van der Waals surface area (Å²) in [7, 11) is 0. The van der Waals surface area contributed by atoms with Gasteiger partial charge in [0.1, 0.15) is 0 Å². The van der Waals surface area contributed by atoms with Crippen molar-refractivity contribution < 1.29 is 4.79 Å². The van der Waals surface area contributed by atoms with E-state index in [9.17, 15) is 4.79 Å². The summed E-state index contributed by atoms with van der Waals surface area (Å²) in [5, 5.41) is 5.28. The first-order valence-electron chi connectivity index (χ1n) is 7.73. The molecule has 1 aromatic heterocycles. The van der Waals surface area contributed by atoms with Gasteiger partial charge >= 0.3 is 0 Å². The smallest absolute Gasteiger partial charge is 0.241 e. The Morgan fingerprint density at radius 1 is 1.43 bits per heavy atom. The SMILES string of the molecule is CCCCN1CCCCC1C(=O)Nc1c(C)csc1C.Cl. The van der Waals surface area contributed by atoms with Crippen LogP contribution in [0.4, 0.5) is 5.69 Å². The fraction of sp³-hybridized carbons (Fsp3) is 0.688. The van der Waals surface area contributed by atoms with Gasteiger partial charge in [-0.15, -0.1) is 23.7 Å². The van der Waals surface area contributed by atoms with Crippen LogP contribution in [0, 0.1) is 13.8 Å². The lowest BCUT2D eigenvalue weighted by Crippen LogP contribution is -2.47. The van der Waals surface area contributed by atoms with E-state index in [1.54, 1.807) is 11.3 Å². The van der Waals surface area contributed by atoms with Gasteiger partial charge in [0.25, 0.3) is 0 Å². The molecule has 1 aliphatic heterocycles. The molecule has 120 valence electrons. The summed E-state index contributed by atoms with van der Waals surface area (Å²) in [6.07, 6.45) is 5.76. The summed E-state index contributed by atoms with van der Waals surface area (Å²) in [6, 6.07) is 0.0639. The van der Waals surface area contributed by atoms with Crippen molar-refractivity contribution in [3.05, 3.63) is 15.8 Å². The minimum atomic E-state index is 0. The van der Waals surface area contributed by atoms with Gasteiger partial charge in [0.15, 0.2) is 0 Å². The van der Waals surface area contributed by atoms with E-state index in [2.05, 4.69) is 36.4 Å². The maximum Gasteiger partial charge on any atom is 0.241 e. The van der Waals surface area contributed by atoms with E-state index in [4.69, 9.17) is 0 Å². The van der Waals surface area contributed by atoms with Crippen molar-refractivity contribution >= 4 is 35.3 Å². The third kappa shape index (κ3) is 4.70. The lowest BCUT2D eigenvalue weighted by Gasteiger charge is -2.34. The summed E-state index contributed by atoms with van der Waals surface area (Å²) >= 11 is 1.71. The number of rotatable bonds is 5. The molecule has 0 radical (unpaired) electrons. The standard InChI is InChI=1S/C16H26N2OS.ClH/c1-4-5-9-18-10-7-6-8-14(18)16(19)17-15-12(2)11-20-13(15)3;/h11,14H,4-10H2,1-3H3,(H,17,19);1H. The number of aryl methyl sites for hydroxylation is 2. The van der Waals surface area contributed by atoms with Crippen LogP contribution in [0.25, 0.3) is 0 Å². The molecule has 0 spiro atoms. The lowest BCUT2D eigenvalue weighted by molar-refractivity contribution is -0.122. The molecule has 1 saturated heterocycles. The number of piperidine rings is 1. The van der Waals surface area contributed by atoms with E-state index in [0.717, 1.165) is 25.2 Å². The monoisotopic (exact) mass is 330 g/mol. The van der Waals surface area contributed by atoms with Crippen LogP contribution in [-0.4, -0.2) is 29.9 Å². The highest BCUT2D eigenvalue weighted by Crippen LogP contribution is 2.27. The fourth-order valence-corrected chi connectivity index (χ4v) is 3.68. The molecule has 0 saturated carbocycles. The van der Waals surface area contributed by atoms with Crippen LogP contribution in [-0.2, 0) is 4.79 Å². The van der Waals surface area contributed by atoms with E-state index in [-0.39, 0.29) is 24.4 Å². The first-order chi connectivity index (χ1) is 9.63. The highest BCUT2D eigenvalue weighted by molar-refractivity contribution is 7.10. The van der Waals surface area contributed by atoms with Gasteiger partial charge in [-0.1, -0.05) is 19.8 Å². The molecule has 1 amide bonds. The first kappa shape index (κ1) is 18.5. The topological polar surface area (TPSA) is 32.3 Å². The molecule has 5 heteroatoms. The molecule has 2 rings (SSSR count). The Morgan fingerprint density at radius 3 is 2.81 bits per heavy atom. The minimum absolute atomic E-state index is 0. The summed E-state index contributed by atoms with van der Waals surface area (Å²) in [5.74, 6) is 0.186. The number of anilines is 1. The number of likely N-dealkylation sites (tertiary alicyclic amines) is 1. The van der Waals surface area contributed by atoms with Crippen molar-refractivity contribution in [1.29, 1.82) is 0 Å². The summed E-state index contributed by atoms with van der Waals surface area (Å²) in [6.45, 7) is 8.46. The van der Waals surface area contributed by atoms with Crippen LogP contribution in [0.5, 0.6) is 0 Å². The first-order valence-corrected chi connectivity index (χ1v) is 8.61. The Labute approximate surface area is 138 Å². The molecule has 1 aliphatic rings. The van der Waals surface area contributed by atoms with E-state index >= 15 is 0 Å². The minimum Gasteiger partial charge on any atom is -0.323 e. The molecule has 1 N–H and O–H groups in total. The number of hydrogen-bond acceptors (Lipinski definition) is 3. The lowest BCUT2D eigenvalue weighted by atomic mass is 10.0. The zero-order chi connectivity index (χ0) is 14.5. The van der Waals surface area contributed by atoms with Crippen molar-refractivity contribution in [2.24, 2.45) is 0 Å². The molecule has 3 nitrogen and oxygen atoms in total. The molecular formula is C16H27ClN2OS. The van der Waals surface area contributed by atoms with E-state index in [1.807, 2.05) is 0 Å². The van der Waals surface area contributed by atoms with Crippen molar-refractivity contribution in [3.8, 4) is 0 Å². The predicted octanol–water partition coefficient (Wildman–Crippen LogP) is 4.38. The van der Waals surface area contributed by atoms with E-state index in [1.165, 1.54) is 36.1 Å². The van der Waals surface area contributed by atoms with Crippen molar-refractivity contribution in [2.45, 2.75) is 58.9 Å². The predicted molar refractivity (Wildman–Crippen MR) is 93.8 cm³/mol. The number of carbonyl (C=O) groups is 1. The molecule has 0 bridgehead atoms. The molecule has 2 heterocycles. The fourth-order valence-electron chi connectivity index (χ4n) is 2.88. The Morgan fingerprint density at radius 2 is 2.19 bits per heavy atom. The Bertz CT molecular complexity index is 442. The van der Waals surface area contributed by atoms with Crippen LogP contribution in [0.3, 0.4) is 0 Å². The molecule has 1 aromatic rings. The van der Waals surface area contributed by atoms with Crippen molar-refractivity contribution in [3.63, 3.8) is 0 Å². The second-order valence-corrected chi connectivity index (χ2v) is 6.82. The number of nitrogens with zero attached hydrogens (tertiary/aromatic N) is 1. The Balaban J connectivity index is 0.00000220. The number of halogens is 1. The molecule has 21 heavy (non-hydrogen) atoms. The summed E-state index contributed by atoms with van der Waals surface area (Å²) in [5.41, 5.74) is 2.21. The van der Waals surface area contributed by atoms with Gasteiger partial charge in [-0.05, 0) is 57.1 Å². The zero-order valence-electron chi connectivity index (χ0n) is 13.3. The molecule has 0 aliphatic carbocycles. The number of unbranched alkanes of at least 4 members (excludes halogenated alkanes) is 1. The van der Waals surface area contributed by atoms with Crippen LogP contribution in [0.1, 0.15) is 49.5 Å². The van der Waals surface area contributed by atoms with Gasteiger partial charge in [-0.3, -0.25) is 9.69 Å². The number of carbonyl (C=O) groups excluding carboxylic acids is 1. The number of thiophene rings is 1. The van der Waals surface area contributed by atoms with Gasteiger partial charge in [0.2, 0.25) is 5.91 Å². The summed E-state index contributed by atoms with van der Waals surface area (Å²) < 4.78 is 0. The normalized spacial score (nSPS) is 19.1. The van der Waals surface area contributed by atoms with Gasteiger partial charge in [0.05, 0.1) is 11.7 Å². The van der Waals surface area contributed by atoms with Gasteiger partial charge < -0.3 is 5.32 Å². The average Bonchev–Trinajstić information content (AvgIpc) is 2.77. The molecule has 1 atom stereocenters. The van der Waals surface area contributed by atoms with Crippen LogP contribution in [0.15, 0.2) is 5.38 Å². The van der Waals surface area contributed by atoms with E-state index < -0.39 is 0 Å². The highest BCUT2D eigenvalue weighted by Gasteiger charge is 2.28. The largest absolute Gasteiger partial charge is 0.323 e. The van der Waals surface area contributed by atoms with Gasteiger partial charge in [-0.25, -0.2) is 0 Å². The Kier molecular flexibility index (Phi) is 7.71. The maximum atomic E-state index is 12.6. The number of hydrogen-bond donors (Lipinski definition) is 1. The second-order valence-electron chi connectivity index (χ2n) is 5.74. The highest BCUT2D eigenvalue weighted by atomic mass is 35.5. The van der Waals surface area contributed by atoms with Gasteiger partial charge in [-0.2, -0.15) is 0 Å². The van der Waals surface area contributed by atoms with Crippen LogP contribution in [0.2, 0.25) is 0 Å². The van der Waals surface area contributed by atoms with Crippen molar-refractivity contribution in [2.75, 3.05) is 18.4 Å². The molecule has 1 fully saturated rings. The van der Waals surface area contributed by atoms with Gasteiger partial charge in [0, 0.05) is 4.88 Å². The number of nitrogens with one attached hydrogen (secondary N) is 1. The molecule has 1 unspecified atom stereocenters. The van der Waals surface area contributed by atoms with Crippen LogP contribution >= 0.6 is 23.7 Å². The Hall–Kier alpha value is -0.580. The molecular weight excluding hydrogens is 304 g/mol. The van der Waals surface area contributed by atoms with E-state index in [0.29, 0.717) is 0 Å². The maximum absolute atomic E-state index is 12.6. The van der Waals surface area contributed by atoms with Crippen LogP contribution < -0.4 is 5.32 Å².